The van der Waals surface area contributed by atoms with Crippen LogP contribution in [0.25, 0.3) is 0 Å². The fraction of sp³-hybridized carbons (Fsp3) is 0.316. The highest BCUT2D eigenvalue weighted by molar-refractivity contribution is 5.74. The number of carboxylic acids is 1. The van der Waals surface area contributed by atoms with Gasteiger partial charge in [-0.3, -0.25) is 0 Å². The molecule has 114 valence electrons. The van der Waals surface area contributed by atoms with Crippen molar-refractivity contribution in [2.24, 2.45) is 0 Å². The summed E-state index contributed by atoms with van der Waals surface area (Å²) in [5, 5.41) is 9.50. The Morgan fingerprint density at radius 1 is 1.14 bits per heavy atom. The predicted molar refractivity (Wildman–Crippen MR) is 85.0 cm³/mol. The number of carboxylic acid groups (broad SMARTS) is 1. The summed E-state index contributed by atoms with van der Waals surface area (Å²) >= 11 is 0. The third-order valence-corrected chi connectivity index (χ3v) is 4.39. The van der Waals surface area contributed by atoms with Gasteiger partial charge in [-0.2, -0.15) is 0 Å². The summed E-state index contributed by atoms with van der Waals surface area (Å²) in [5.41, 5.74) is 4.48. The van der Waals surface area contributed by atoms with Crippen molar-refractivity contribution in [2.45, 2.75) is 38.4 Å². The van der Waals surface area contributed by atoms with E-state index in [1.807, 2.05) is 30.3 Å². The average Bonchev–Trinajstić information content (AvgIpc) is 2.93. The van der Waals surface area contributed by atoms with Gasteiger partial charge in [-0.05, 0) is 37.0 Å². The SMILES string of the molecule is Cc1ccc(C2C[C@@H](c3ccccc3)[C@H](C(=O)O)O2)c(C)c1. The number of rotatable bonds is 3. The zero-order valence-corrected chi connectivity index (χ0v) is 12.8. The standard InChI is InChI=1S/C19H20O3/c1-12-8-9-15(13(2)10-12)17-11-16(18(22-17)19(20)21)14-6-4-3-5-7-14/h3-10,16-18H,11H2,1-2H3,(H,20,21)/t16-,17?,18+/m0/s1. The van der Waals surface area contributed by atoms with Crippen LogP contribution in [-0.4, -0.2) is 17.2 Å². The lowest BCUT2D eigenvalue weighted by Gasteiger charge is -2.14. The molecule has 1 saturated heterocycles. The maximum atomic E-state index is 11.6. The second-order valence-corrected chi connectivity index (χ2v) is 6.00. The van der Waals surface area contributed by atoms with Crippen molar-refractivity contribution in [3.05, 3.63) is 70.8 Å². The summed E-state index contributed by atoms with van der Waals surface area (Å²) in [6.07, 6.45) is -0.245. The van der Waals surface area contributed by atoms with Gasteiger partial charge in [-0.1, -0.05) is 54.1 Å². The van der Waals surface area contributed by atoms with E-state index in [1.54, 1.807) is 0 Å². The first-order valence-electron chi connectivity index (χ1n) is 7.56. The van der Waals surface area contributed by atoms with Crippen LogP contribution in [0.5, 0.6) is 0 Å². The van der Waals surface area contributed by atoms with Gasteiger partial charge in [0.15, 0.2) is 6.10 Å². The number of hydrogen-bond acceptors (Lipinski definition) is 2. The fourth-order valence-corrected chi connectivity index (χ4v) is 3.31. The molecule has 0 spiro atoms. The van der Waals surface area contributed by atoms with Crippen LogP contribution in [0.2, 0.25) is 0 Å². The van der Waals surface area contributed by atoms with Crippen LogP contribution in [0, 0.1) is 13.8 Å². The smallest absolute Gasteiger partial charge is 0.333 e. The van der Waals surface area contributed by atoms with E-state index in [9.17, 15) is 9.90 Å². The molecule has 3 atom stereocenters. The molecule has 0 amide bonds. The zero-order valence-electron chi connectivity index (χ0n) is 12.8. The second kappa shape index (κ2) is 5.93. The van der Waals surface area contributed by atoms with Crippen LogP contribution in [0.3, 0.4) is 0 Å². The molecule has 3 nitrogen and oxygen atoms in total. The van der Waals surface area contributed by atoms with Gasteiger partial charge in [0.1, 0.15) is 0 Å². The predicted octanol–water partition coefficient (Wildman–Crippen LogP) is 4.00. The van der Waals surface area contributed by atoms with Gasteiger partial charge in [0.2, 0.25) is 0 Å². The van der Waals surface area contributed by atoms with Gasteiger partial charge >= 0.3 is 5.97 Å². The molecule has 0 aliphatic carbocycles. The van der Waals surface area contributed by atoms with Gasteiger partial charge in [0.25, 0.3) is 0 Å². The topological polar surface area (TPSA) is 46.5 Å². The van der Waals surface area contributed by atoms with Gasteiger partial charge in [-0.25, -0.2) is 4.79 Å². The monoisotopic (exact) mass is 296 g/mol. The fourth-order valence-electron chi connectivity index (χ4n) is 3.31. The molecule has 1 unspecified atom stereocenters. The van der Waals surface area contributed by atoms with E-state index in [-0.39, 0.29) is 12.0 Å². The lowest BCUT2D eigenvalue weighted by molar-refractivity contribution is -0.150. The van der Waals surface area contributed by atoms with E-state index in [0.717, 1.165) is 16.7 Å². The molecule has 1 aliphatic rings. The molecule has 22 heavy (non-hydrogen) atoms. The molecule has 1 aliphatic heterocycles. The molecule has 0 saturated carbocycles. The first kappa shape index (κ1) is 14.8. The molecule has 0 radical (unpaired) electrons. The maximum Gasteiger partial charge on any atom is 0.333 e. The number of benzene rings is 2. The molecule has 2 aromatic rings. The molecule has 3 rings (SSSR count). The summed E-state index contributed by atoms with van der Waals surface area (Å²) in [6, 6.07) is 16.0. The number of carbonyl (C=O) groups is 1. The highest BCUT2D eigenvalue weighted by Crippen LogP contribution is 2.43. The van der Waals surface area contributed by atoms with E-state index >= 15 is 0 Å². The first-order valence-corrected chi connectivity index (χ1v) is 7.56. The highest BCUT2D eigenvalue weighted by Gasteiger charge is 2.41. The van der Waals surface area contributed by atoms with Crippen LogP contribution in [0.1, 0.15) is 40.7 Å². The van der Waals surface area contributed by atoms with E-state index in [1.165, 1.54) is 5.56 Å². The summed E-state index contributed by atoms with van der Waals surface area (Å²) in [6.45, 7) is 4.11. The maximum absolute atomic E-state index is 11.6. The molecular weight excluding hydrogens is 276 g/mol. The molecule has 1 N–H and O–H groups in total. The average molecular weight is 296 g/mol. The van der Waals surface area contributed by atoms with Crippen molar-refractivity contribution in [3.63, 3.8) is 0 Å². The minimum Gasteiger partial charge on any atom is -0.479 e. The van der Waals surface area contributed by atoms with Crippen LogP contribution < -0.4 is 0 Å². The van der Waals surface area contributed by atoms with Crippen LogP contribution >= 0.6 is 0 Å². The largest absolute Gasteiger partial charge is 0.479 e. The minimum absolute atomic E-state index is 0.107. The molecule has 0 bridgehead atoms. The Labute approximate surface area is 130 Å². The Kier molecular flexibility index (Phi) is 3.99. The summed E-state index contributed by atoms with van der Waals surface area (Å²) in [5.74, 6) is -0.995. The second-order valence-electron chi connectivity index (χ2n) is 6.00. The Hall–Kier alpha value is -2.13. The number of hydrogen-bond donors (Lipinski definition) is 1. The third-order valence-electron chi connectivity index (χ3n) is 4.39. The zero-order chi connectivity index (χ0) is 15.7. The number of ether oxygens (including phenoxy) is 1. The van der Waals surface area contributed by atoms with E-state index in [0.29, 0.717) is 6.42 Å². The molecule has 2 aromatic carbocycles. The van der Waals surface area contributed by atoms with Crippen molar-refractivity contribution in [1.29, 1.82) is 0 Å². The number of aliphatic carboxylic acids is 1. The summed E-state index contributed by atoms with van der Waals surface area (Å²) in [4.78, 5) is 11.6. The van der Waals surface area contributed by atoms with Crippen molar-refractivity contribution < 1.29 is 14.6 Å². The highest BCUT2D eigenvalue weighted by atomic mass is 16.5. The lowest BCUT2D eigenvalue weighted by Crippen LogP contribution is -2.25. The van der Waals surface area contributed by atoms with Crippen LogP contribution in [-0.2, 0) is 9.53 Å². The lowest BCUT2D eigenvalue weighted by atomic mass is 9.88. The molecule has 1 heterocycles. The normalized spacial score (nSPS) is 24.4. The quantitative estimate of drug-likeness (QED) is 0.931. The molecule has 1 fully saturated rings. The summed E-state index contributed by atoms with van der Waals surface area (Å²) < 4.78 is 5.90. The van der Waals surface area contributed by atoms with Gasteiger partial charge in [0.05, 0.1) is 6.10 Å². The number of aryl methyl sites for hydroxylation is 2. The van der Waals surface area contributed by atoms with E-state index in [4.69, 9.17) is 4.74 Å². The minimum atomic E-state index is -0.888. The Morgan fingerprint density at radius 3 is 2.50 bits per heavy atom. The van der Waals surface area contributed by atoms with Crippen molar-refractivity contribution in [2.75, 3.05) is 0 Å². The van der Waals surface area contributed by atoms with Crippen molar-refractivity contribution >= 4 is 5.97 Å². The van der Waals surface area contributed by atoms with E-state index < -0.39 is 12.1 Å². The van der Waals surface area contributed by atoms with Crippen molar-refractivity contribution in [1.82, 2.24) is 0 Å². The first-order chi connectivity index (χ1) is 10.6. The van der Waals surface area contributed by atoms with Gasteiger partial charge in [0, 0.05) is 5.92 Å². The Balaban J connectivity index is 1.92. The van der Waals surface area contributed by atoms with Crippen LogP contribution in [0.15, 0.2) is 48.5 Å². The Morgan fingerprint density at radius 2 is 1.86 bits per heavy atom. The van der Waals surface area contributed by atoms with Gasteiger partial charge in [-0.15, -0.1) is 0 Å². The molecule has 3 heteroatoms. The Bertz CT molecular complexity index is 678. The van der Waals surface area contributed by atoms with Crippen LogP contribution in [0.4, 0.5) is 0 Å². The van der Waals surface area contributed by atoms with Gasteiger partial charge < -0.3 is 9.84 Å². The molecular formula is C19H20O3. The van der Waals surface area contributed by atoms with Crippen molar-refractivity contribution in [3.8, 4) is 0 Å². The molecule has 0 aromatic heterocycles. The van der Waals surface area contributed by atoms with E-state index in [2.05, 4.69) is 32.0 Å². The summed E-state index contributed by atoms with van der Waals surface area (Å²) in [7, 11) is 0. The third kappa shape index (κ3) is 2.77.